The van der Waals surface area contributed by atoms with Crippen LogP contribution in [0.25, 0.3) is 0 Å². The van der Waals surface area contributed by atoms with Gasteiger partial charge in [-0.2, -0.15) is 0 Å². The van der Waals surface area contributed by atoms with E-state index in [0.717, 1.165) is 19.3 Å². The van der Waals surface area contributed by atoms with Crippen molar-refractivity contribution in [2.45, 2.75) is 110 Å². The number of unbranched alkanes of at least 4 members (excludes halogenated alkanes) is 3. The molecule has 1 aliphatic heterocycles. The van der Waals surface area contributed by atoms with E-state index in [1.54, 1.807) is 0 Å². The molecule has 0 aromatic heterocycles. The molecule has 1 fully saturated rings. The Morgan fingerprint density at radius 3 is 2.42 bits per heavy atom. The van der Waals surface area contributed by atoms with E-state index in [4.69, 9.17) is 18.9 Å². The summed E-state index contributed by atoms with van der Waals surface area (Å²) in [5, 5.41) is 0. The fourth-order valence-corrected chi connectivity index (χ4v) is 2.66. The van der Waals surface area contributed by atoms with Gasteiger partial charge in [-0.15, -0.1) is 0 Å². The second-order valence-corrected chi connectivity index (χ2v) is 8.08. The summed E-state index contributed by atoms with van der Waals surface area (Å²) in [6, 6.07) is 0. The quantitative estimate of drug-likeness (QED) is 0.463. The third-order valence-corrected chi connectivity index (χ3v) is 3.92. The molecule has 0 aromatic rings. The Hall–Kier alpha value is -0.650. The van der Waals surface area contributed by atoms with E-state index in [0.29, 0.717) is 13.0 Å². The van der Waals surface area contributed by atoms with Gasteiger partial charge in [-0.05, 0) is 48.0 Å². The summed E-state index contributed by atoms with van der Waals surface area (Å²) >= 11 is 0. The number of carbonyl (C=O) groups excluding carboxylic acids is 1. The highest BCUT2D eigenvalue weighted by Crippen LogP contribution is 2.26. The van der Waals surface area contributed by atoms with Crippen LogP contribution in [0.4, 0.5) is 0 Å². The molecule has 5 heteroatoms. The lowest BCUT2D eigenvalue weighted by atomic mass is 10.1. The average Bonchev–Trinajstić information content (AvgIpc) is 2.80. The minimum absolute atomic E-state index is 0.166. The molecule has 1 saturated heterocycles. The van der Waals surface area contributed by atoms with Crippen molar-refractivity contribution >= 4 is 5.97 Å². The van der Waals surface area contributed by atoms with Crippen LogP contribution in [-0.4, -0.2) is 42.3 Å². The van der Waals surface area contributed by atoms with Crippen molar-refractivity contribution in [2.24, 2.45) is 0 Å². The molecule has 0 unspecified atom stereocenters. The molecule has 24 heavy (non-hydrogen) atoms. The number of carbonyl (C=O) groups is 1. The molecular formula is C19H36O5. The average molecular weight is 344 g/mol. The monoisotopic (exact) mass is 344 g/mol. The van der Waals surface area contributed by atoms with Crippen LogP contribution in [0.3, 0.4) is 0 Å². The maximum Gasteiger partial charge on any atom is 0.335 e. The minimum Gasteiger partial charge on any atom is -0.458 e. The van der Waals surface area contributed by atoms with Gasteiger partial charge in [0.15, 0.2) is 11.9 Å². The van der Waals surface area contributed by atoms with Gasteiger partial charge in [-0.3, -0.25) is 0 Å². The summed E-state index contributed by atoms with van der Waals surface area (Å²) in [5.74, 6) is -0.880. The fraction of sp³-hybridized carbons (Fsp3) is 0.947. The number of hydrogen-bond donors (Lipinski definition) is 0. The molecule has 1 aliphatic rings. The van der Waals surface area contributed by atoms with Crippen molar-refractivity contribution in [3.05, 3.63) is 0 Å². The van der Waals surface area contributed by atoms with Crippen molar-refractivity contribution in [2.75, 3.05) is 6.61 Å². The van der Waals surface area contributed by atoms with Crippen LogP contribution in [0.15, 0.2) is 0 Å². The maximum absolute atomic E-state index is 12.5. The van der Waals surface area contributed by atoms with Crippen molar-refractivity contribution in [3.8, 4) is 0 Å². The van der Waals surface area contributed by atoms with Gasteiger partial charge >= 0.3 is 5.97 Å². The summed E-state index contributed by atoms with van der Waals surface area (Å²) in [7, 11) is 0. The Labute approximate surface area is 147 Å². The first-order chi connectivity index (χ1) is 11.0. The first kappa shape index (κ1) is 21.4. The van der Waals surface area contributed by atoms with Gasteiger partial charge in [0.1, 0.15) is 11.7 Å². The summed E-state index contributed by atoms with van der Waals surface area (Å²) in [6.45, 7) is 14.0. The van der Waals surface area contributed by atoms with Crippen molar-refractivity contribution in [1.29, 1.82) is 0 Å². The van der Waals surface area contributed by atoms with Crippen molar-refractivity contribution in [3.63, 3.8) is 0 Å². The van der Waals surface area contributed by atoms with E-state index in [2.05, 4.69) is 6.92 Å². The van der Waals surface area contributed by atoms with Crippen LogP contribution in [0, 0.1) is 0 Å². The van der Waals surface area contributed by atoms with E-state index in [1.807, 2.05) is 41.5 Å². The minimum atomic E-state index is -0.592. The number of rotatable bonds is 9. The lowest BCUT2D eigenvalue weighted by Crippen LogP contribution is -2.39. The van der Waals surface area contributed by atoms with Crippen molar-refractivity contribution in [1.82, 2.24) is 0 Å². The summed E-state index contributed by atoms with van der Waals surface area (Å²) < 4.78 is 23.0. The van der Waals surface area contributed by atoms with E-state index < -0.39 is 17.5 Å². The molecule has 0 aromatic carbocycles. The zero-order valence-electron chi connectivity index (χ0n) is 16.5. The molecule has 0 bridgehead atoms. The van der Waals surface area contributed by atoms with Crippen molar-refractivity contribution < 1.29 is 23.7 Å². The van der Waals surface area contributed by atoms with Crippen LogP contribution in [0.5, 0.6) is 0 Å². The molecule has 0 N–H and O–H groups in total. The first-order valence-corrected chi connectivity index (χ1v) is 9.24. The number of hydrogen-bond acceptors (Lipinski definition) is 5. The highest BCUT2D eigenvalue weighted by Gasteiger charge is 2.38. The summed E-state index contributed by atoms with van der Waals surface area (Å²) in [5.41, 5.74) is -0.514. The fourth-order valence-electron chi connectivity index (χ4n) is 2.66. The topological polar surface area (TPSA) is 54.0 Å². The zero-order valence-corrected chi connectivity index (χ0v) is 16.5. The molecule has 3 atom stereocenters. The molecular weight excluding hydrogens is 308 g/mol. The van der Waals surface area contributed by atoms with Gasteiger partial charge in [0.2, 0.25) is 0 Å². The van der Waals surface area contributed by atoms with E-state index in [9.17, 15) is 4.79 Å². The van der Waals surface area contributed by atoms with Gasteiger partial charge in [0, 0.05) is 0 Å². The van der Waals surface area contributed by atoms with Crippen LogP contribution < -0.4 is 0 Å². The van der Waals surface area contributed by atoms with Gasteiger partial charge in [-0.1, -0.05) is 32.6 Å². The Bertz CT molecular complexity index is 386. The molecule has 0 aliphatic carbocycles. The molecule has 0 amide bonds. The Balaban J connectivity index is 2.61. The molecule has 0 saturated carbocycles. The second-order valence-electron chi connectivity index (χ2n) is 8.08. The SMILES string of the molecule is CCCCCC[C@H](O[C@H](C)[C@H]1COC(C)(C)O1)C(=O)OC(C)(C)C. The molecule has 5 nitrogen and oxygen atoms in total. The standard InChI is InChI=1S/C19H36O5/c1-8-9-10-11-12-15(17(20)24-18(3,4)5)22-14(2)16-13-21-19(6,7)23-16/h14-16H,8-13H2,1-7H3/t14-,15+,16-/m1/s1. The molecule has 0 radical (unpaired) electrons. The summed E-state index contributed by atoms with van der Waals surface area (Å²) in [6.07, 6.45) is 4.12. The smallest absolute Gasteiger partial charge is 0.335 e. The Kier molecular flexibility index (Phi) is 8.16. The highest BCUT2D eigenvalue weighted by atomic mass is 16.7. The van der Waals surface area contributed by atoms with Gasteiger partial charge in [0.05, 0.1) is 12.7 Å². The third kappa shape index (κ3) is 7.95. The van der Waals surface area contributed by atoms with Gasteiger partial charge < -0.3 is 18.9 Å². The van der Waals surface area contributed by atoms with Crippen LogP contribution in [0.1, 0.15) is 80.6 Å². The number of esters is 1. The lowest BCUT2D eigenvalue weighted by molar-refractivity contribution is -0.183. The Morgan fingerprint density at radius 2 is 1.92 bits per heavy atom. The van der Waals surface area contributed by atoms with E-state index >= 15 is 0 Å². The van der Waals surface area contributed by atoms with Gasteiger partial charge in [0.25, 0.3) is 0 Å². The maximum atomic E-state index is 12.5. The van der Waals surface area contributed by atoms with Crippen LogP contribution in [-0.2, 0) is 23.7 Å². The first-order valence-electron chi connectivity index (χ1n) is 9.24. The Morgan fingerprint density at radius 1 is 1.25 bits per heavy atom. The molecule has 1 heterocycles. The predicted molar refractivity (Wildman–Crippen MR) is 93.8 cm³/mol. The van der Waals surface area contributed by atoms with E-state index in [1.165, 1.54) is 6.42 Å². The summed E-state index contributed by atoms with van der Waals surface area (Å²) in [4.78, 5) is 12.5. The molecule has 1 rings (SSSR count). The molecule has 142 valence electrons. The van der Waals surface area contributed by atoms with Crippen LogP contribution in [0.2, 0.25) is 0 Å². The zero-order chi connectivity index (χ0) is 18.4. The third-order valence-electron chi connectivity index (χ3n) is 3.92. The van der Waals surface area contributed by atoms with Gasteiger partial charge in [-0.25, -0.2) is 4.79 Å². The largest absolute Gasteiger partial charge is 0.458 e. The van der Waals surface area contributed by atoms with Crippen LogP contribution >= 0.6 is 0 Å². The number of ether oxygens (including phenoxy) is 4. The highest BCUT2D eigenvalue weighted by molar-refractivity contribution is 5.75. The normalized spacial score (nSPS) is 23.0. The second kappa shape index (κ2) is 9.16. The molecule has 0 spiro atoms. The van der Waals surface area contributed by atoms with E-state index in [-0.39, 0.29) is 18.2 Å². The lowest BCUT2D eigenvalue weighted by Gasteiger charge is -2.28. The predicted octanol–water partition coefficient (Wildman–Crippen LogP) is 4.22.